The lowest BCUT2D eigenvalue weighted by Gasteiger charge is -2.32. The average molecular weight is 348 g/mol. The van der Waals surface area contributed by atoms with Crippen molar-refractivity contribution in [2.45, 2.75) is 38.6 Å². The zero-order chi connectivity index (χ0) is 18.1. The minimum absolute atomic E-state index is 0.118. The van der Waals surface area contributed by atoms with Crippen molar-refractivity contribution in [3.63, 3.8) is 0 Å². The minimum Gasteiger partial charge on any atom is -0.339 e. The standard InChI is InChI=1S/C21H24N4O/c1-15(2)25-13-10-23-20(25)16-7-11-24(12-8-16)21(26)19-5-3-4-17-14-22-9-6-18(17)19/h3-6,9-10,13-16H,7-8,11-12H2,1-2H3. The molecule has 0 radical (unpaired) electrons. The molecular weight excluding hydrogens is 324 g/mol. The quantitative estimate of drug-likeness (QED) is 0.718. The first-order valence-corrected chi connectivity index (χ1v) is 9.30. The lowest BCUT2D eigenvalue weighted by Crippen LogP contribution is -2.38. The van der Waals surface area contributed by atoms with Crippen molar-refractivity contribution in [2.75, 3.05) is 13.1 Å². The lowest BCUT2D eigenvalue weighted by atomic mass is 9.94. The van der Waals surface area contributed by atoms with Crippen LogP contribution in [0.3, 0.4) is 0 Å². The van der Waals surface area contributed by atoms with E-state index in [9.17, 15) is 4.79 Å². The van der Waals surface area contributed by atoms with Gasteiger partial charge in [-0.05, 0) is 44.2 Å². The van der Waals surface area contributed by atoms with Crippen molar-refractivity contribution in [3.8, 4) is 0 Å². The third-order valence-corrected chi connectivity index (χ3v) is 5.31. The third kappa shape index (κ3) is 2.98. The predicted molar refractivity (Wildman–Crippen MR) is 102 cm³/mol. The molecule has 1 aromatic carbocycles. The van der Waals surface area contributed by atoms with Gasteiger partial charge in [0.15, 0.2) is 0 Å². The van der Waals surface area contributed by atoms with Crippen molar-refractivity contribution >= 4 is 16.7 Å². The van der Waals surface area contributed by atoms with Crippen molar-refractivity contribution in [1.82, 2.24) is 19.4 Å². The number of likely N-dealkylation sites (tertiary alicyclic amines) is 1. The zero-order valence-electron chi connectivity index (χ0n) is 15.3. The molecule has 1 aliphatic heterocycles. The lowest BCUT2D eigenvalue weighted by molar-refractivity contribution is 0.0712. The fraction of sp³-hybridized carbons (Fsp3) is 0.381. The summed E-state index contributed by atoms with van der Waals surface area (Å²) in [7, 11) is 0. The highest BCUT2D eigenvalue weighted by molar-refractivity contribution is 6.06. The van der Waals surface area contributed by atoms with E-state index in [2.05, 4.69) is 34.6 Å². The molecule has 0 atom stereocenters. The number of nitrogens with zero attached hydrogens (tertiary/aromatic N) is 4. The molecule has 5 nitrogen and oxygen atoms in total. The summed E-state index contributed by atoms with van der Waals surface area (Å²) in [6.45, 7) is 5.91. The number of rotatable bonds is 3. The van der Waals surface area contributed by atoms with E-state index in [1.165, 1.54) is 0 Å². The van der Waals surface area contributed by atoms with Gasteiger partial charge in [0.1, 0.15) is 5.82 Å². The van der Waals surface area contributed by atoms with Gasteiger partial charge in [0.05, 0.1) is 0 Å². The molecule has 3 heterocycles. The van der Waals surface area contributed by atoms with E-state index in [1.54, 1.807) is 6.20 Å². The Hall–Kier alpha value is -2.69. The minimum atomic E-state index is 0.118. The highest BCUT2D eigenvalue weighted by Gasteiger charge is 2.27. The molecule has 0 N–H and O–H groups in total. The van der Waals surface area contributed by atoms with Crippen LogP contribution in [0.15, 0.2) is 49.1 Å². The van der Waals surface area contributed by atoms with Crippen LogP contribution in [0.1, 0.15) is 54.8 Å². The Balaban J connectivity index is 1.51. The molecule has 0 spiro atoms. The van der Waals surface area contributed by atoms with Gasteiger partial charge in [0.2, 0.25) is 0 Å². The number of benzene rings is 1. The van der Waals surface area contributed by atoms with Crippen molar-refractivity contribution in [3.05, 3.63) is 60.4 Å². The van der Waals surface area contributed by atoms with Crippen LogP contribution in [0.4, 0.5) is 0 Å². The Bertz CT molecular complexity index is 917. The van der Waals surface area contributed by atoms with Gasteiger partial charge in [-0.15, -0.1) is 0 Å². The van der Waals surface area contributed by atoms with Crippen LogP contribution < -0.4 is 0 Å². The van der Waals surface area contributed by atoms with Crippen LogP contribution in [0.2, 0.25) is 0 Å². The Morgan fingerprint density at radius 3 is 2.73 bits per heavy atom. The molecule has 0 aliphatic carbocycles. The second kappa shape index (κ2) is 6.90. The van der Waals surface area contributed by atoms with Crippen LogP contribution in [0.25, 0.3) is 10.8 Å². The maximum Gasteiger partial charge on any atom is 0.254 e. The van der Waals surface area contributed by atoms with E-state index in [1.807, 2.05) is 41.6 Å². The van der Waals surface area contributed by atoms with Gasteiger partial charge < -0.3 is 9.47 Å². The second-order valence-electron chi connectivity index (χ2n) is 7.26. The smallest absolute Gasteiger partial charge is 0.254 e. The Morgan fingerprint density at radius 2 is 1.96 bits per heavy atom. The molecule has 1 amide bonds. The molecule has 134 valence electrons. The number of piperidine rings is 1. The normalized spacial score (nSPS) is 15.7. The van der Waals surface area contributed by atoms with Crippen molar-refractivity contribution in [1.29, 1.82) is 0 Å². The summed E-state index contributed by atoms with van der Waals surface area (Å²) in [5, 5.41) is 1.98. The molecule has 1 fully saturated rings. The van der Waals surface area contributed by atoms with Gasteiger partial charge in [-0.1, -0.05) is 12.1 Å². The highest BCUT2D eigenvalue weighted by Crippen LogP contribution is 2.30. The summed E-state index contributed by atoms with van der Waals surface area (Å²) in [4.78, 5) is 23.8. The number of pyridine rings is 1. The average Bonchev–Trinajstić information content (AvgIpc) is 3.17. The first-order chi connectivity index (χ1) is 12.6. The van der Waals surface area contributed by atoms with E-state index in [0.717, 1.165) is 48.1 Å². The number of carbonyl (C=O) groups excluding carboxylic acids is 1. The Kier molecular flexibility index (Phi) is 4.45. The molecule has 5 heteroatoms. The predicted octanol–water partition coefficient (Wildman–Crippen LogP) is 4.03. The SMILES string of the molecule is CC(C)n1ccnc1C1CCN(C(=O)c2cccc3cnccc23)CC1. The number of amides is 1. The van der Waals surface area contributed by atoms with E-state index in [4.69, 9.17) is 0 Å². The van der Waals surface area contributed by atoms with Gasteiger partial charge in [-0.2, -0.15) is 0 Å². The van der Waals surface area contributed by atoms with Gasteiger partial charge in [0.25, 0.3) is 5.91 Å². The molecular formula is C21H24N4O. The highest BCUT2D eigenvalue weighted by atomic mass is 16.2. The number of imidazole rings is 1. The maximum absolute atomic E-state index is 13.1. The molecule has 26 heavy (non-hydrogen) atoms. The molecule has 1 saturated heterocycles. The summed E-state index contributed by atoms with van der Waals surface area (Å²) < 4.78 is 2.25. The van der Waals surface area contributed by atoms with E-state index >= 15 is 0 Å². The summed E-state index contributed by atoms with van der Waals surface area (Å²) >= 11 is 0. The van der Waals surface area contributed by atoms with Crippen LogP contribution >= 0.6 is 0 Å². The fourth-order valence-electron chi connectivity index (χ4n) is 3.90. The number of hydrogen-bond donors (Lipinski definition) is 0. The summed E-state index contributed by atoms with van der Waals surface area (Å²) in [5.74, 6) is 1.70. The third-order valence-electron chi connectivity index (χ3n) is 5.31. The van der Waals surface area contributed by atoms with Gasteiger partial charge in [-0.25, -0.2) is 4.98 Å². The van der Waals surface area contributed by atoms with E-state index in [-0.39, 0.29) is 5.91 Å². The zero-order valence-corrected chi connectivity index (χ0v) is 15.3. The number of carbonyl (C=O) groups is 1. The number of hydrogen-bond acceptors (Lipinski definition) is 3. The Morgan fingerprint density at radius 1 is 1.15 bits per heavy atom. The van der Waals surface area contributed by atoms with Crippen LogP contribution in [0, 0.1) is 0 Å². The van der Waals surface area contributed by atoms with Crippen LogP contribution in [-0.4, -0.2) is 38.4 Å². The van der Waals surface area contributed by atoms with Crippen LogP contribution in [0.5, 0.6) is 0 Å². The van der Waals surface area contributed by atoms with E-state index < -0.39 is 0 Å². The molecule has 1 aliphatic rings. The maximum atomic E-state index is 13.1. The number of fused-ring (bicyclic) bond motifs is 1. The van der Waals surface area contributed by atoms with Crippen molar-refractivity contribution < 1.29 is 4.79 Å². The first-order valence-electron chi connectivity index (χ1n) is 9.30. The molecule has 2 aromatic heterocycles. The molecule has 0 saturated carbocycles. The van der Waals surface area contributed by atoms with Gasteiger partial charge in [-0.3, -0.25) is 9.78 Å². The summed E-state index contributed by atoms with van der Waals surface area (Å²) in [6.07, 6.45) is 9.42. The Labute approximate surface area is 153 Å². The second-order valence-corrected chi connectivity index (χ2v) is 7.26. The van der Waals surface area contributed by atoms with Crippen molar-refractivity contribution in [2.24, 2.45) is 0 Å². The van der Waals surface area contributed by atoms with E-state index in [0.29, 0.717) is 12.0 Å². The largest absolute Gasteiger partial charge is 0.339 e. The topological polar surface area (TPSA) is 51.0 Å². The molecule has 0 bridgehead atoms. The van der Waals surface area contributed by atoms with Crippen LogP contribution in [-0.2, 0) is 0 Å². The fourth-order valence-corrected chi connectivity index (χ4v) is 3.90. The number of aromatic nitrogens is 3. The van der Waals surface area contributed by atoms with Gasteiger partial charge in [0, 0.05) is 60.8 Å². The summed E-state index contributed by atoms with van der Waals surface area (Å²) in [5.41, 5.74) is 0.770. The molecule has 0 unspecified atom stereocenters. The molecule has 3 aromatic rings. The summed E-state index contributed by atoms with van der Waals surface area (Å²) in [6, 6.07) is 8.19. The first kappa shape index (κ1) is 16.8. The monoisotopic (exact) mass is 348 g/mol. The van der Waals surface area contributed by atoms with Gasteiger partial charge >= 0.3 is 0 Å². The molecule has 4 rings (SSSR count).